The quantitative estimate of drug-likeness (QED) is 0.0519. The molecule has 0 rings (SSSR count). The van der Waals surface area contributed by atoms with Crippen LogP contribution in [0.3, 0.4) is 0 Å². The zero-order valence-corrected chi connectivity index (χ0v) is 19.0. The third-order valence-corrected chi connectivity index (χ3v) is 4.59. The Morgan fingerprint density at radius 1 is 0.853 bits per heavy atom. The predicted octanol–water partition coefficient (Wildman–Crippen LogP) is -3.47. The molecule has 0 aliphatic heterocycles. The van der Waals surface area contributed by atoms with Gasteiger partial charge in [-0.2, -0.15) is 0 Å². The van der Waals surface area contributed by atoms with Crippen LogP contribution in [-0.2, 0) is 24.0 Å². The van der Waals surface area contributed by atoms with Crippen LogP contribution >= 0.6 is 0 Å². The zero-order chi connectivity index (χ0) is 26.1. The minimum absolute atomic E-state index is 0.0820. The summed E-state index contributed by atoms with van der Waals surface area (Å²) in [4.78, 5) is 62.9. The molecular formula is C19H36N8O7. The Bertz CT molecular complexity index is 727. The summed E-state index contributed by atoms with van der Waals surface area (Å²) in [5.74, 6) is -4.79. The fourth-order valence-electron chi connectivity index (χ4n) is 2.75. The largest absolute Gasteiger partial charge is 0.481 e. The molecule has 3 unspecified atom stereocenters. The molecule has 15 nitrogen and oxygen atoms in total. The summed E-state index contributed by atoms with van der Waals surface area (Å²) < 4.78 is 0. The SMILES string of the molecule is NCCCCC(NC(=O)C(CCC(=O)O)NC(=O)CNC(=O)C(N)CCCN=C(N)N)C(=O)O. The van der Waals surface area contributed by atoms with Gasteiger partial charge in [-0.3, -0.25) is 24.2 Å². The number of carbonyl (C=O) groups excluding carboxylic acids is 3. The molecule has 0 radical (unpaired) electrons. The molecule has 0 saturated carbocycles. The number of rotatable bonds is 18. The van der Waals surface area contributed by atoms with E-state index in [1.165, 1.54) is 0 Å². The van der Waals surface area contributed by atoms with Crippen molar-refractivity contribution in [1.29, 1.82) is 0 Å². The van der Waals surface area contributed by atoms with E-state index in [9.17, 15) is 29.1 Å². The van der Waals surface area contributed by atoms with Gasteiger partial charge in [0.25, 0.3) is 0 Å². The average Bonchev–Trinajstić information content (AvgIpc) is 2.76. The first-order valence-electron chi connectivity index (χ1n) is 10.8. The summed E-state index contributed by atoms with van der Waals surface area (Å²) in [5.41, 5.74) is 21.5. The lowest BCUT2D eigenvalue weighted by atomic mass is 10.1. The predicted molar refractivity (Wildman–Crippen MR) is 122 cm³/mol. The summed E-state index contributed by atoms with van der Waals surface area (Å²) in [7, 11) is 0. The van der Waals surface area contributed by atoms with E-state index in [1.54, 1.807) is 0 Å². The topological polar surface area (TPSA) is 278 Å². The normalized spacial score (nSPS) is 13.1. The lowest BCUT2D eigenvalue weighted by Crippen LogP contribution is -2.53. The van der Waals surface area contributed by atoms with Gasteiger partial charge in [0.2, 0.25) is 17.7 Å². The molecule has 13 N–H and O–H groups in total. The van der Waals surface area contributed by atoms with Gasteiger partial charge in [-0.05, 0) is 45.1 Å². The molecule has 0 aromatic rings. The van der Waals surface area contributed by atoms with Gasteiger partial charge in [-0.1, -0.05) is 0 Å². The fourth-order valence-corrected chi connectivity index (χ4v) is 2.75. The molecule has 194 valence electrons. The van der Waals surface area contributed by atoms with Crippen LogP contribution in [0.15, 0.2) is 4.99 Å². The van der Waals surface area contributed by atoms with Crippen LogP contribution in [0.4, 0.5) is 0 Å². The Labute approximate surface area is 197 Å². The highest BCUT2D eigenvalue weighted by atomic mass is 16.4. The van der Waals surface area contributed by atoms with Crippen molar-refractivity contribution in [3.05, 3.63) is 0 Å². The number of aliphatic carboxylic acids is 2. The van der Waals surface area contributed by atoms with Crippen molar-refractivity contribution in [2.24, 2.45) is 27.9 Å². The Hall–Kier alpha value is -3.46. The number of guanidine groups is 1. The number of carbonyl (C=O) groups is 5. The van der Waals surface area contributed by atoms with Crippen LogP contribution in [0, 0.1) is 0 Å². The molecule has 0 aromatic carbocycles. The van der Waals surface area contributed by atoms with Gasteiger partial charge in [0.05, 0.1) is 12.6 Å². The van der Waals surface area contributed by atoms with E-state index in [-0.39, 0.29) is 31.8 Å². The molecule has 15 heteroatoms. The molecular weight excluding hydrogens is 452 g/mol. The van der Waals surface area contributed by atoms with Crippen LogP contribution in [0.5, 0.6) is 0 Å². The molecule has 3 atom stereocenters. The fraction of sp³-hybridized carbons (Fsp3) is 0.684. The molecule has 34 heavy (non-hydrogen) atoms. The third kappa shape index (κ3) is 14.6. The summed E-state index contributed by atoms with van der Waals surface area (Å²) in [5, 5.41) is 25.1. The summed E-state index contributed by atoms with van der Waals surface area (Å²) in [6, 6.07) is -3.46. The van der Waals surface area contributed by atoms with Gasteiger partial charge < -0.3 is 49.1 Å². The van der Waals surface area contributed by atoms with Crippen molar-refractivity contribution >= 4 is 35.6 Å². The highest BCUT2D eigenvalue weighted by Crippen LogP contribution is 2.04. The molecule has 0 aromatic heterocycles. The Morgan fingerprint density at radius 3 is 2.09 bits per heavy atom. The number of nitrogens with one attached hydrogen (secondary N) is 3. The Balaban J connectivity index is 4.84. The standard InChI is InChI=1S/C19H36N8O7/c20-8-2-1-5-13(18(33)34)27-17(32)12(6-7-15(29)30)26-14(28)10-25-16(31)11(21)4-3-9-24-19(22)23/h11-13H,1-10,20-21H2,(H,25,31)(H,26,28)(H,27,32)(H,29,30)(H,33,34)(H4,22,23,24). The highest BCUT2D eigenvalue weighted by molar-refractivity contribution is 5.92. The molecule has 0 saturated heterocycles. The molecule has 3 amide bonds. The minimum atomic E-state index is -1.31. The third-order valence-electron chi connectivity index (χ3n) is 4.59. The van der Waals surface area contributed by atoms with Crippen molar-refractivity contribution in [3.63, 3.8) is 0 Å². The van der Waals surface area contributed by atoms with E-state index in [1.807, 2.05) is 0 Å². The second-order valence-corrected chi connectivity index (χ2v) is 7.51. The number of amides is 3. The average molecular weight is 489 g/mol. The maximum Gasteiger partial charge on any atom is 0.326 e. The summed E-state index contributed by atoms with van der Waals surface area (Å²) in [6.45, 7) is 0.132. The van der Waals surface area contributed by atoms with Crippen molar-refractivity contribution in [1.82, 2.24) is 16.0 Å². The number of hydrogen-bond acceptors (Lipinski definition) is 8. The van der Waals surface area contributed by atoms with Crippen molar-refractivity contribution in [3.8, 4) is 0 Å². The second kappa shape index (κ2) is 17.1. The molecule has 0 spiro atoms. The Kier molecular flexibility index (Phi) is 15.3. The van der Waals surface area contributed by atoms with E-state index in [0.717, 1.165) is 0 Å². The van der Waals surface area contributed by atoms with Crippen LogP contribution in [0.2, 0.25) is 0 Å². The monoisotopic (exact) mass is 488 g/mol. The Morgan fingerprint density at radius 2 is 1.53 bits per heavy atom. The van der Waals surface area contributed by atoms with E-state index in [2.05, 4.69) is 20.9 Å². The van der Waals surface area contributed by atoms with Crippen LogP contribution in [-0.4, -0.2) is 83.6 Å². The highest BCUT2D eigenvalue weighted by Gasteiger charge is 2.27. The molecule has 0 aliphatic rings. The summed E-state index contributed by atoms with van der Waals surface area (Å²) >= 11 is 0. The first-order valence-corrected chi connectivity index (χ1v) is 10.8. The summed E-state index contributed by atoms with van der Waals surface area (Å²) in [6.07, 6.45) is 1.11. The van der Waals surface area contributed by atoms with Gasteiger partial charge in [0.15, 0.2) is 5.96 Å². The van der Waals surface area contributed by atoms with Gasteiger partial charge in [0, 0.05) is 13.0 Å². The van der Waals surface area contributed by atoms with Gasteiger partial charge in [-0.15, -0.1) is 0 Å². The maximum atomic E-state index is 12.5. The second-order valence-electron chi connectivity index (χ2n) is 7.51. The molecule has 0 bridgehead atoms. The van der Waals surface area contributed by atoms with Crippen LogP contribution in [0.1, 0.15) is 44.9 Å². The van der Waals surface area contributed by atoms with Crippen LogP contribution in [0.25, 0.3) is 0 Å². The number of nitrogens with two attached hydrogens (primary N) is 4. The first-order chi connectivity index (χ1) is 16.0. The lowest BCUT2D eigenvalue weighted by Gasteiger charge is -2.21. The number of aliphatic imine (C=N–C) groups is 1. The first kappa shape index (κ1) is 30.5. The van der Waals surface area contributed by atoms with Gasteiger partial charge in [0.1, 0.15) is 12.1 Å². The van der Waals surface area contributed by atoms with E-state index < -0.39 is 60.8 Å². The number of carboxylic acids is 2. The van der Waals surface area contributed by atoms with E-state index in [0.29, 0.717) is 25.8 Å². The van der Waals surface area contributed by atoms with E-state index in [4.69, 9.17) is 28.0 Å². The van der Waals surface area contributed by atoms with Crippen LogP contribution < -0.4 is 38.9 Å². The maximum absolute atomic E-state index is 12.5. The molecule has 0 fully saturated rings. The van der Waals surface area contributed by atoms with Gasteiger partial charge >= 0.3 is 11.9 Å². The number of carboxylic acid groups (broad SMARTS) is 2. The number of nitrogens with zero attached hydrogens (tertiary/aromatic N) is 1. The minimum Gasteiger partial charge on any atom is -0.481 e. The van der Waals surface area contributed by atoms with Crippen molar-refractivity contribution in [2.45, 2.75) is 63.1 Å². The number of unbranched alkanes of at least 4 members (excludes halogenated alkanes) is 1. The molecule has 0 aliphatic carbocycles. The number of hydrogen-bond donors (Lipinski definition) is 9. The van der Waals surface area contributed by atoms with E-state index >= 15 is 0 Å². The molecule has 0 heterocycles. The smallest absolute Gasteiger partial charge is 0.326 e. The van der Waals surface area contributed by atoms with Gasteiger partial charge in [-0.25, -0.2) is 4.79 Å². The zero-order valence-electron chi connectivity index (χ0n) is 19.0. The lowest BCUT2D eigenvalue weighted by molar-refractivity contribution is -0.143. The van der Waals surface area contributed by atoms with Crippen molar-refractivity contribution in [2.75, 3.05) is 19.6 Å². The van der Waals surface area contributed by atoms with Crippen molar-refractivity contribution < 1.29 is 34.2 Å².